The molecule has 0 aliphatic heterocycles. The Morgan fingerprint density at radius 1 is 1.20 bits per heavy atom. The summed E-state index contributed by atoms with van der Waals surface area (Å²) in [7, 11) is 0. The van der Waals surface area contributed by atoms with Crippen LogP contribution in [0.25, 0.3) is 0 Å². The molecule has 0 aliphatic carbocycles. The summed E-state index contributed by atoms with van der Waals surface area (Å²) in [5.74, 6) is 0. The first kappa shape index (κ1) is 10.7. The minimum absolute atomic E-state index is 0.770. The molecule has 2 aromatic rings. The zero-order valence-corrected chi connectivity index (χ0v) is 10.4. The molecule has 3 nitrogen and oxygen atoms in total. The van der Waals surface area contributed by atoms with Crippen LogP contribution in [0.1, 0.15) is 11.3 Å². The van der Waals surface area contributed by atoms with Crippen molar-refractivity contribution in [3.63, 3.8) is 0 Å². The van der Waals surface area contributed by atoms with Gasteiger partial charge in [0.15, 0.2) is 0 Å². The minimum atomic E-state index is 0.770. The van der Waals surface area contributed by atoms with Gasteiger partial charge in [-0.05, 0) is 29.2 Å². The first-order valence-electron chi connectivity index (χ1n) is 4.56. The fraction of sp³-hybridized carbons (Fsp3) is 0.200. The number of hydrogen-bond acceptors (Lipinski definition) is 4. The lowest BCUT2D eigenvalue weighted by molar-refractivity contribution is 0.677. The average molecular weight is 284 g/mol. The molecule has 1 heterocycles. The predicted octanol–water partition coefficient (Wildman–Crippen LogP) is 2.59. The van der Waals surface area contributed by atoms with E-state index in [9.17, 15) is 0 Å². The number of rotatable bonds is 4. The predicted molar refractivity (Wildman–Crippen MR) is 64.6 cm³/mol. The van der Waals surface area contributed by atoms with E-state index in [1.54, 1.807) is 0 Å². The zero-order chi connectivity index (χ0) is 10.5. The Bertz CT molecular complexity index is 399. The van der Waals surface area contributed by atoms with Gasteiger partial charge in [-0.3, -0.25) is 0 Å². The smallest absolute Gasteiger partial charge is 0.0893 e. The molecule has 0 saturated heterocycles. The van der Waals surface area contributed by atoms with Crippen LogP contribution in [0.4, 0.5) is 0 Å². The van der Waals surface area contributed by atoms with Gasteiger partial charge in [-0.1, -0.05) is 32.6 Å². The van der Waals surface area contributed by atoms with Crippen LogP contribution < -0.4 is 5.32 Å². The van der Waals surface area contributed by atoms with Gasteiger partial charge in [-0.2, -0.15) is 0 Å². The summed E-state index contributed by atoms with van der Waals surface area (Å²) in [6.45, 7) is 1.62. The number of nitrogens with one attached hydrogen (secondary N) is 1. The van der Waals surface area contributed by atoms with Crippen LogP contribution in [0.5, 0.6) is 0 Å². The lowest BCUT2D eigenvalue weighted by atomic mass is 10.2. The summed E-state index contributed by atoms with van der Waals surface area (Å²) in [5.41, 5.74) is 2.26. The maximum atomic E-state index is 3.96. The monoisotopic (exact) mass is 283 g/mol. The number of nitrogens with zero attached hydrogens (tertiary/aromatic N) is 2. The van der Waals surface area contributed by atoms with E-state index in [1.165, 1.54) is 17.1 Å². The quantitative estimate of drug-likeness (QED) is 0.937. The normalized spacial score (nSPS) is 10.5. The molecule has 1 aromatic carbocycles. The van der Waals surface area contributed by atoms with Gasteiger partial charge >= 0.3 is 0 Å². The molecule has 0 aliphatic rings. The van der Waals surface area contributed by atoms with Crippen molar-refractivity contribution in [2.45, 2.75) is 13.1 Å². The highest BCUT2D eigenvalue weighted by Crippen LogP contribution is 2.10. The molecule has 15 heavy (non-hydrogen) atoms. The SMILES string of the molecule is Brc1ccc(CNCc2csnn2)cc1. The fourth-order valence-electron chi connectivity index (χ4n) is 1.20. The van der Waals surface area contributed by atoms with Crippen LogP contribution in [0.15, 0.2) is 34.1 Å². The number of halogens is 1. The second-order valence-electron chi connectivity index (χ2n) is 3.13. The number of benzene rings is 1. The molecule has 0 atom stereocenters. The molecule has 0 radical (unpaired) electrons. The average Bonchev–Trinajstić information content (AvgIpc) is 2.74. The summed E-state index contributed by atoms with van der Waals surface area (Å²) in [6.07, 6.45) is 0. The zero-order valence-electron chi connectivity index (χ0n) is 7.98. The number of hydrogen-bond donors (Lipinski definition) is 1. The standard InChI is InChI=1S/C10H10BrN3S/c11-9-3-1-8(2-4-9)5-12-6-10-7-15-14-13-10/h1-4,7,12H,5-6H2. The van der Waals surface area contributed by atoms with E-state index < -0.39 is 0 Å². The van der Waals surface area contributed by atoms with Crippen LogP contribution in [0.2, 0.25) is 0 Å². The van der Waals surface area contributed by atoms with Gasteiger partial charge < -0.3 is 5.32 Å². The van der Waals surface area contributed by atoms with Crippen molar-refractivity contribution < 1.29 is 0 Å². The maximum Gasteiger partial charge on any atom is 0.0893 e. The maximum absolute atomic E-state index is 3.96. The molecular formula is C10H10BrN3S. The van der Waals surface area contributed by atoms with Crippen molar-refractivity contribution in [1.82, 2.24) is 14.9 Å². The van der Waals surface area contributed by atoms with E-state index in [4.69, 9.17) is 0 Å². The highest BCUT2D eigenvalue weighted by Gasteiger charge is 1.96. The molecule has 1 N–H and O–H groups in total. The third-order valence-corrected chi connectivity index (χ3v) is 3.04. The molecule has 78 valence electrons. The van der Waals surface area contributed by atoms with E-state index >= 15 is 0 Å². The summed E-state index contributed by atoms with van der Waals surface area (Å²) in [6, 6.07) is 8.27. The van der Waals surface area contributed by atoms with Crippen molar-refractivity contribution in [2.24, 2.45) is 0 Å². The Balaban J connectivity index is 1.81. The Hall–Kier alpha value is -0.780. The van der Waals surface area contributed by atoms with E-state index in [1.807, 2.05) is 17.5 Å². The lowest BCUT2D eigenvalue weighted by Crippen LogP contribution is -2.12. The third-order valence-electron chi connectivity index (χ3n) is 1.95. The molecule has 0 unspecified atom stereocenters. The largest absolute Gasteiger partial charge is 0.307 e. The third kappa shape index (κ3) is 3.37. The molecule has 1 aromatic heterocycles. The molecule has 5 heteroatoms. The molecule has 0 bridgehead atoms. The van der Waals surface area contributed by atoms with Gasteiger partial charge in [0.2, 0.25) is 0 Å². The first-order chi connectivity index (χ1) is 7.34. The second-order valence-corrected chi connectivity index (χ2v) is 4.65. The number of aromatic nitrogens is 2. The van der Waals surface area contributed by atoms with E-state index in [-0.39, 0.29) is 0 Å². The van der Waals surface area contributed by atoms with E-state index in [2.05, 4.69) is 43.0 Å². The van der Waals surface area contributed by atoms with E-state index in [0.717, 1.165) is 23.3 Å². The van der Waals surface area contributed by atoms with Gasteiger partial charge in [-0.25, -0.2) is 0 Å². The molecule has 0 fully saturated rings. The van der Waals surface area contributed by atoms with Crippen LogP contribution >= 0.6 is 27.5 Å². The molecular weight excluding hydrogens is 274 g/mol. The van der Waals surface area contributed by atoms with Crippen LogP contribution in [0, 0.1) is 0 Å². The van der Waals surface area contributed by atoms with Crippen LogP contribution in [0.3, 0.4) is 0 Å². The van der Waals surface area contributed by atoms with Crippen LogP contribution in [-0.4, -0.2) is 9.59 Å². The van der Waals surface area contributed by atoms with Crippen molar-refractivity contribution >= 4 is 27.5 Å². The summed E-state index contributed by atoms with van der Waals surface area (Å²) in [5, 5.41) is 9.23. The minimum Gasteiger partial charge on any atom is -0.307 e. The first-order valence-corrected chi connectivity index (χ1v) is 6.18. The summed E-state index contributed by atoms with van der Waals surface area (Å²) < 4.78 is 4.91. The Morgan fingerprint density at radius 2 is 2.00 bits per heavy atom. The molecule has 0 saturated carbocycles. The van der Waals surface area contributed by atoms with Gasteiger partial charge in [0.1, 0.15) is 0 Å². The molecule has 0 amide bonds. The molecule has 2 rings (SSSR count). The van der Waals surface area contributed by atoms with Gasteiger partial charge in [0.25, 0.3) is 0 Å². The van der Waals surface area contributed by atoms with Gasteiger partial charge in [-0.15, -0.1) is 5.10 Å². The summed E-state index contributed by atoms with van der Waals surface area (Å²) in [4.78, 5) is 0. The van der Waals surface area contributed by atoms with Crippen molar-refractivity contribution in [3.05, 3.63) is 45.4 Å². The van der Waals surface area contributed by atoms with Crippen LogP contribution in [-0.2, 0) is 13.1 Å². The van der Waals surface area contributed by atoms with Crippen molar-refractivity contribution in [3.8, 4) is 0 Å². The molecule has 0 spiro atoms. The van der Waals surface area contributed by atoms with Gasteiger partial charge in [0, 0.05) is 22.9 Å². The summed E-state index contributed by atoms with van der Waals surface area (Å²) >= 11 is 4.79. The highest BCUT2D eigenvalue weighted by molar-refractivity contribution is 9.10. The Labute approximate surface area is 101 Å². The van der Waals surface area contributed by atoms with Gasteiger partial charge in [0.05, 0.1) is 5.69 Å². The highest BCUT2D eigenvalue weighted by atomic mass is 79.9. The fourth-order valence-corrected chi connectivity index (χ4v) is 1.91. The van der Waals surface area contributed by atoms with E-state index in [0.29, 0.717) is 0 Å². The Kier molecular flexibility index (Phi) is 3.82. The second kappa shape index (κ2) is 5.34. The lowest BCUT2D eigenvalue weighted by Gasteiger charge is -2.02. The topological polar surface area (TPSA) is 37.8 Å². The Morgan fingerprint density at radius 3 is 2.67 bits per heavy atom. The van der Waals surface area contributed by atoms with Crippen molar-refractivity contribution in [2.75, 3.05) is 0 Å². The van der Waals surface area contributed by atoms with Crippen molar-refractivity contribution in [1.29, 1.82) is 0 Å².